The molecule has 10 nitrogen and oxygen atoms in total. The summed E-state index contributed by atoms with van der Waals surface area (Å²) in [6.45, 7) is 8.40. The van der Waals surface area contributed by atoms with Crippen molar-refractivity contribution in [3.8, 4) is 0 Å². The smallest absolute Gasteiger partial charge is 0.303 e. The van der Waals surface area contributed by atoms with E-state index in [1.807, 2.05) is 0 Å². The SMILES string of the molecule is COCCOCCOCCOCCOCCOCCOCCOCCCCCCCC(=O)O. The second-order valence-corrected chi connectivity index (χ2v) is 7.19. The fourth-order valence-corrected chi connectivity index (χ4v) is 2.57. The number of carbonyl (C=O) groups is 1. The van der Waals surface area contributed by atoms with Gasteiger partial charge in [0.15, 0.2) is 0 Å². The lowest BCUT2D eigenvalue weighted by Gasteiger charge is -2.08. The number of methoxy groups -OCH3 is 1. The molecule has 0 saturated heterocycles. The minimum atomic E-state index is -0.715. The van der Waals surface area contributed by atoms with Gasteiger partial charge in [0.2, 0.25) is 0 Å². The molecule has 0 aliphatic rings. The van der Waals surface area contributed by atoms with E-state index in [-0.39, 0.29) is 6.42 Å². The first-order valence-corrected chi connectivity index (χ1v) is 12.0. The van der Waals surface area contributed by atoms with Gasteiger partial charge < -0.3 is 43.0 Å². The van der Waals surface area contributed by atoms with E-state index < -0.39 is 5.97 Å². The average molecular weight is 483 g/mol. The van der Waals surface area contributed by atoms with E-state index in [9.17, 15) is 4.79 Å². The molecule has 0 fully saturated rings. The Labute approximate surface area is 199 Å². The third kappa shape index (κ3) is 31.1. The maximum absolute atomic E-state index is 10.4. The average Bonchev–Trinajstić information content (AvgIpc) is 2.80. The van der Waals surface area contributed by atoms with Crippen LogP contribution in [0.1, 0.15) is 38.5 Å². The fourth-order valence-electron chi connectivity index (χ4n) is 2.57. The van der Waals surface area contributed by atoms with Crippen molar-refractivity contribution in [2.45, 2.75) is 38.5 Å². The van der Waals surface area contributed by atoms with E-state index >= 15 is 0 Å². The quantitative estimate of drug-likeness (QED) is 0.159. The highest BCUT2D eigenvalue weighted by molar-refractivity contribution is 5.66. The van der Waals surface area contributed by atoms with Gasteiger partial charge in [-0.15, -0.1) is 0 Å². The van der Waals surface area contributed by atoms with Gasteiger partial charge in [-0.1, -0.05) is 19.3 Å². The minimum absolute atomic E-state index is 0.268. The standard InChI is InChI=1S/C23H46O10/c1-26-9-10-28-13-14-30-17-18-32-21-22-33-20-19-31-16-15-29-12-11-27-8-6-4-2-3-5-7-23(24)25/h2-22H2,1H3,(H,24,25). The summed E-state index contributed by atoms with van der Waals surface area (Å²) in [5.74, 6) is -0.715. The second-order valence-electron chi connectivity index (χ2n) is 7.19. The van der Waals surface area contributed by atoms with Crippen molar-refractivity contribution in [2.24, 2.45) is 0 Å². The van der Waals surface area contributed by atoms with Crippen molar-refractivity contribution in [1.29, 1.82) is 0 Å². The molecule has 0 unspecified atom stereocenters. The van der Waals surface area contributed by atoms with Gasteiger partial charge in [-0.3, -0.25) is 4.79 Å². The molecule has 0 aromatic carbocycles. The molecular formula is C23H46O10. The highest BCUT2D eigenvalue weighted by atomic mass is 16.6. The molecule has 0 heterocycles. The van der Waals surface area contributed by atoms with E-state index in [1.165, 1.54) is 0 Å². The molecule has 33 heavy (non-hydrogen) atoms. The number of ether oxygens (including phenoxy) is 8. The Balaban J connectivity index is 3.01. The van der Waals surface area contributed by atoms with E-state index in [0.29, 0.717) is 92.5 Å². The van der Waals surface area contributed by atoms with Crippen LogP contribution in [-0.2, 0) is 42.7 Å². The molecule has 0 aliphatic carbocycles. The molecule has 0 saturated carbocycles. The van der Waals surface area contributed by atoms with Crippen LogP contribution in [0.25, 0.3) is 0 Å². The summed E-state index contributed by atoms with van der Waals surface area (Å²) in [5.41, 5.74) is 0. The minimum Gasteiger partial charge on any atom is -0.481 e. The van der Waals surface area contributed by atoms with Gasteiger partial charge in [-0.05, 0) is 12.8 Å². The maximum Gasteiger partial charge on any atom is 0.303 e. The number of rotatable bonds is 29. The molecule has 0 atom stereocenters. The number of hydrogen-bond donors (Lipinski definition) is 1. The van der Waals surface area contributed by atoms with E-state index in [2.05, 4.69) is 0 Å². The first-order chi connectivity index (χ1) is 16.3. The van der Waals surface area contributed by atoms with Crippen LogP contribution in [0, 0.1) is 0 Å². The normalized spacial score (nSPS) is 11.3. The predicted molar refractivity (Wildman–Crippen MR) is 123 cm³/mol. The van der Waals surface area contributed by atoms with Crippen LogP contribution >= 0.6 is 0 Å². The summed E-state index contributed by atoms with van der Waals surface area (Å²) < 4.78 is 42.8. The van der Waals surface area contributed by atoms with Crippen LogP contribution in [-0.4, -0.2) is 117 Å². The lowest BCUT2D eigenvalue weighted by atomic mass is 10.1. The zero-order valence-corrected chi connectivity index (χ0v) is 20.5. The molecule has 198 valence electrons. The first-order valence-electron chi connectivity index (χ1n) is 12.0. The van der Waals surface area contributed by atoms with Gasteiger partial charge >= 0.3 is 5.97 Å². The molecule has 0 aromatic rings. The van der Waals surface area contributed by atoms with Crippen LogP contribution in [0.5, 0.6) is 0 Å². The van der Waals surface area contributed by atoms with Gasteiger partial charge in [0.05, 0.1) is 92.5 Å². The molecule has 0 rings (SSSR count). The van der Waals surface area contributed by atoms with Crippen molar-refractivity contribution in [1.82, 2.24) is 0 Å². The third-order valence-electron chi connectivity index (χ3n) is 4.34. The summed E-state index contributed by atoms with van der Waals surface area (Å²) in [7, 11) is 1.64. The molecule has 0 aromatic heterocycles. The summed E-state index contributed by atoms with van der Waals surface area (Å²) in [6, 6.07) is 0. The Hall–Kier alpha value is -0.850. The zero-order chi connectivity index (χ0) is 24.1. The van der Waals surface area contributed by atoms with E-state index in [4.69, 9.17) is 43.0 Å². The molecule has 1 N–H and O–H groups in total. The van der Waals surface area contributed by atoms with Crippen molar-refractivity contribution in [3.63, 3.8) is 0 Å². The maximum atomic E-state index is 10.4. The van der Waals surface area contributed by atoms with Crippen molar-refractivity contribution in [3.05, 3.63) is 0 Å². The van der Waals surface area contributed by atoms with Gasteiger partial charge in [-0.2, -0.15) is 0 Å². The third-order valence-corrected chi connectivity index (χ3v) is 4.34. The zero-order valence-electron chi connectivity index (χ0n) is 20.5. The molecular weight excluding hydrogens is 436 g/mol. The topological polar surface area (TPSA) is 111 Å². The Morgan fingerprint density at radius 2 is 0.758 bits per heavy atom. The predicted octanol–water partition coefficient (Wildman–Crippen LogP) is 2.17. The number of unbranched alkanes of at least 4 members (excludes halogenated alkanes) is 4. The van der Waals surface area contributed by atoms with Crippen LogP contribution in [0.15, 0.2) is 0 Å². The molecule has 0 aliphatic heterocycles. The summed E-state index contributed by atoms with van der Waals surface area (Å²) in [6.07, 6.45) is 5.13. The Kier molecular flexibility index (Phi) is 28.4. The highest BCUT2D eigenvalue weighted by Gasteiger charge is 1.97. The summed E-state index contributed by atoms with van der Waals surface area (Å²) in [4.78, 5) is 10.4. The van der Waals surface area contributed by atoms with Gasteiger partial charge in [0, 0.05) is 20.1 Å². The van der Waals surface area contributed by atoms with Crippen molar-refractivity contribution in [2.75, 3.05) is 106 Å². The van der Waals surface area contributed by atoms with Gasteiger partial charge in [0.25, 0.3) is 0 Å². The fraction of sp³-hybridized carbons (Fsp3) is 0.957. The Morgan fingerprint density at radius 1 is 0.455 bits per heavy atom. The Morgan fingerprint density at radius 3 is 1.12 bits per heavy atom. The number of aliphatic carboxylic acids is 1. The van der Waals surface area contributed by atoms with Gasteiger partial charge in [0.1, 0.15) is 0 Å². The van der Waals surface area contributed by atoms with Crippen LogP contribution in [0.3, 0.4) is 0 Å². The largest absolute Gasteiger partial charge is 0.481 e. The van der Waals surface area contributed by atoms with Gasteiger partial charge in [-0.25, -0.2) is 0 Å². The second kappa shape index (κ2) is 29.2. The number of hydrogen-bond acceptors (Lipinski definition) is 9. The summed E-state index contributed by atoms with van der Waals surface area (Å²) in [5, 5.41) is 8.55. The number of carboxylic acid groups (broad SMARTS) is 1. The lowest BCUT2D eigenvalue weighted by Crippen LogP contribution is -2.14. The molecule has 0 spiro atoms. The Bertz CT molecular complexity index is 384. The molecule has 0 radical (unpaired) electrons. The van der Waals surface area contributed by atoms with Crippen molar-refractivity contribution < 1.29 is 47.8 Å². The van der Waals surface area contributed by atoms with E-state index in [0.717, 1.165) is 38.7 Å². The van der Waals surface area contributed by atoms with Crippen LogP contribution in [0.2, 0.25) is 0 Å². The van der Waals surface area contributed by atoms with Crippen molar-refractivity contribution >= 4 is 5.97 Å². The molecule has 10 heteroatoms. The van der Waals surface area contributed by atoms with Crippen LogP contribution in [0.4, 0.5) is 0 Å². The first kappa shape index (κ1) is 32.1. The highest BCUT2D eigenvalue weighted by Crippen LogP contribution is 2.05. The van der Waals surface area contributed by atoms with Crippen LogP contribution < -0.4 is 0 Å². The monoisotopic (exact) mass is 482 g/mol. The lowest BCUT2D eigenvalue weighted by molar-refractivity contribution is -0.137. The van der Waals surface area contributed by atoms with E-state index in [1.54, 1.807) is 7.11 Å². The summed E-state index contributed by atoms with van der Waals surface area (Å²) >= 11 is 0. The molecule has 0 amide bonds. The number of carboxylic acids is 1. The molecule has 0 bridgehead atoms.